The van der Waals surface area contributed by atoms with Crippen LogP contribution in [0.15, 0.2) is 42.6 Å². The van der Waals surface area contributed by atoms with E-state index >= 15 is 0 Å². The van der Waals surface area contributed by atoms with Crippen LogP contribution in [0, 0.1) is 0 Å². The van der Waals surface area contributed by atoms with Crippen molar-refractivity contribution < 1.29 is 0 Å². The predicted octanol–water partition coefficient (Wildman–Crippen LogP) is 2.70. The molecule has 0 spiro atoms. The third-order valence-corrected chi connectivity index (χ3v) is 3.02. The molecule has 0 atom stereocenters. The molecule has 3 aromatic rings. The van der Waals surface area contributed by atoms with E-state index in [2.05, 4.69) is 21.5 Å². The van der Waals surface area contributed by atoms with Gasteiger partial charge in [0.2, 0.25) is 0 Å². The number of hydrogen-bond acceptors (Lipinski definition) is 3. The summed E-state index contributed by atoms with van der Waals surface area (Å²) in [6, 6.07) is 11.6. The minimum absolute atomic E-state index is 0.738. The molecule has 0 fully saturated rings. The van der Waals surface area contributed by atoms with Crippen molar-refractivity contribution in [3.05, 3.63) is 42.6 Å². The minimum Gasteiger partial charge on any atom is -0.398 e. The minimum atomic E-state index is 0.738. The summed E-state index contributed by atoms with van der Waals surface area (Å²) in [4.78, 5) is 9.02. The van der Waals surface area contributed by atoms with E-state index in [1.165, 1.54) is 0 Å². The number of pyridine rings is 1. The van der Waals surface area contributed by atoms with Gasteiger partial charge in [-0.3, -0.25) is 0 Å². The number of anilines is 1. The Bertz CT molecular complexity index is 700. The first-order valence-corrected chi connectivity index (χ1v) is 5.97. The third kappa shape index (κ3) is 1.54. The molecular formula is C14H14N4. The van der Waals surface area contributed by atoms with Crippen molar-refractivity contribution in [2.75, 3.05) is 5.73 Å². The maximum atomic E-state index is 6.02. The number of nitrogen functional groups attached to an aromatic ring is 1. The molecule has 0 bridgehead atoms. The first kappa shape index (κ1) is 10.8. The Morgan fingerprint density at radius 1 is 1.17 bits per heavy atom. The van der Waals surface area contributed by atoms with Crippen molar-refractivity contribution in [2.45, 2.75) is 13.5 Å². The molecule has 0 saturated carbocycles. The fourth-order valence-corrected chi connectivity index (χ4v) is 2.16. The normalized spacial score (nSPS) is 10.9. The van der Waals surface area contributed by atoms with Crippen LogP contribution in [0.5, 0.6) is 0 Å². The van der Waals surface area contributed by atoms with Gasteiger partial charge in [-0.2, -0.15) is 0 Å². The summed E-state index contributed by atoms with van der Waals surface area (Å²) in [5.41, 5.74) is 9.52. The SMILES string of the molecule is CCn1c(-c2ccccc2N)nc2cccnc21. The number of fused-ring (bicyclic) bond motifs is 1. The zero-order chi connectivity index (χ0) is 12.5. The maximum Gasteiger partial charge on any atom is 0.160 e. The van der Waals surface area contributed by atoms with Gasteiger partial charge in [-0.1, -0.05) is 12.1 Å². The summed E-state index contributed by atoms with van der Waals surface area (Å²) in [5, 5.41) is 0. The summed E-state index contributed by atoms with van der Waals surface area (Å²) < 4.78 is 2.08. The molecule has 4 nitrogen and oxygen atoms in total. The molecule has 0 unspecified atom stereocenters. The summed E-state index contributed by atoms with van der Waals surface area (Å²) in [6.07, 6.45) is 1.79. The number of nitrogens with zero attached hydrogens (tertiary/aromatic N) is 3. The van der Waals surface area contributed by atoms with E-state index in [9.17, 15) is 0 Å². The van der Waals surface area contributed by atoms with Crippen molar-refractivity contribution in [1.82, 2.24) is 14.5 Å². The topological polar surface area (TPSA) is 56.7 Å². The summed E-state index contributed by atoms with van der Waals surface area (Å²) in [6.45, 7) is 2.90. The highest BCUT2D eigenvalue weighted by molar-refractivity contribution is 5.81. The monoisotopic (exact) mass is 238 g/mol. The van der Waals surface area contributed by atoms with Gasteiger partial charge in [0.1, 0.15) is 11.3 Å². The van der Waals surface area contributed by atoms with Crippen LogP contribution in [0.4, 0.5) is 5.69 Å². The zero-order valence-electron chi connectivity index (χ0n) is 10.2. The Balaban J connectivity index is 2.32. The van der Waals surface area contributed by atoms with Crippen LogP contribution in [-0.4, -0.2) is 14.5 Å². The van der Waals surface area contributed by atoms with Crippen molar-refractivity contribution in [2.24, 2.45) is 0 Å². The van der Waals surface area contributed by atoms with E-state index in [0.29, 0.717) is 0 Å². The lowest BCUT2D eigenvalue weighted by molar-refractivity contribution is 0.787. The third-order valence-electron chi connectivity index (χ3n) is 3.02. The highest BCUT2D eigenvalue weighted by Crippen LogP contribution is 2.27. The van der Waals surface area contributed by atoms with Gasteiger partial charge < -0.3 is 10.3 Å². The van der Waals surface area contributed by atoms with E-state index in [1.54, 1.807) is 6.20 Å². The Labute approximate surface area is 105 Å². The van der Waals surface area contributed by atoms with E-state index < -0.39 is 0 Å². The highest BCUT2D eigenvalue weighted by atomic mass is 15.1. The molecule has 18 heavy (non-hydrogen) atoms. The second-order valence-corrected chi connectivity index (χ2v) is 4.11. The lowest BCUT2D eigenvalue weighted by Crippen LogP contribution is -2.00. The summed E-state index contributed by atoms with van der Waals surface area (Å²) in [5.74, 6) is 0.879. The molecule has 0 aliphatic heterocycles. The van der Waals surface area contributed by atoms with Gasteiger partial charge in [0.15, 0.2) is 5.65 Å². The molecular weight excluding hydrogens is 224 g/mol. The van der Waals surface area contributed by atoms with E-state index in [0.717, 1.165) is 34.8 Å². The van der Waals surface area contributed by atoms with Crippen molar-refractivity contribution >= 4 is 16.9 Å². The molecule has 2 heterocycles. The lowest BCUT2D eigenvalue weighted by atomic mass is 10.1. The Kier molecular flexibility index (Phi) is 2.48. The van der Waals surface area contributed by atoms with Crippen LogP contribution in [0.3, 0.4) is 0 Å². The number of imidazole rings is 1. The number of nitrogens with two attached hydrogens (primary N) is 1. The predicted molar refractivity (Wildman–Crippen MR) is 73.1 cm³/mol. The van der Waals surface area contributed by atoms with Crippen LogP contribution in [-0.2, 0) is 6.54 Å². The molecule has 2 aromatic heterocycles. The Morgan fingerprint density at radius 2 is 2.00 bits per heavy atom. The first-order valence-electron chi connectivity index (χ1n) is 5.97. The van der Waals surface area contributed by atoms with Gasteiger partial charge in [0.25, 0.3) is 0 Å². The van der Waals surface area contributed by atoms with Crippen molar-refractivity contribution in [3.63, 3.8) is 0 Å². The van der Waals surface area contributed by atoms with Crippen LogP contribution >= 0.6 is 0 Å². The van der Waals surface area contributed by atoms with Crippen LogP contribution in [0.2, 0.25) is 0 Å². The van der Waals surface area contributed by atoms with E-state index in [4.69, 9.17) is 5.73 Å². The van der Waals surface area contributed by atoms with Gasteiger partial charge in [0, 0.05) is 24.0 Å². The molecule has 1 aromatic carbocycles. The zero-order valence-corrected chi connectivity index (χ0v) is 10.2. The Morgan fingerprint density at radius 3 is 2.78 bits per heavy atom. The highest BCUT2D eigenvalue weighted by Gasteiger charge is 2.13. The van der Waals surface area contributed by atoms with Gasteiger partial charge in [-0.25, -0.2) is 9.97 Å². The number of benzene rings is 1. The largest absolute Gasteiger partial charge is 0.398 e. The van der Waals surface area contributed by atoms with Crippen LogP contribution < -0.4 is 5.73 Å². The number of aromatic nitrogens is 3. The molecule has 3 rings (SSSR count). The fraction of sp³-hybridized carbons (Fsp3) is 0.143. The molecule has 0 saturated heterocycles. The average Bonchev–Trinajstić information content (AvgIpc) is 2.77. The molecule has 0 amide bonds. The second kappa shape index (κ2) is 4.14. The number of hydrogen-bond donors (Lipinski definition) is 1. The van der Waals surface area contributed by atoms with Crippen molar-refractivity contribution in [1.29, 1.82) is 0 Å². The van der Waals surface area contributed by atoms with E-state index in [-0.39, 0.29) is 0 Å². The standard InChI is InChI=1S/C14H14N4/c1-2-18-13(10-6-3-4-7-11(10)15)17-12-8-5-9-16-14(12)18/h3-9H,2,15H2,1H3. The molecule has 0 aliphatic carbocycles. The first-order chi connectivity index (χ1) is 8.81. The van der Waals surface area contributed by atoms with Gasteiger partial charge in [0.05, 0.1) is 0 Å². The number of aryl methyl sites for hydroxylation is 1. The van der Waals surface area contributed by atoms with Crippen molar-refractivity contribution in [3.8, 4) is 11.4 Å². The van der Waals surface area contributed by atoms with Gasteiger partial charge in [-0.15, -0.1) is 0 Å². The molecule has 4 heteroatoms. The van der Waals surface area contributed by atoms with Gasteiger partial charge >= 0.3 is 0 Å². The smallest absolute Gasteiger partial charge is 0.160 e. The Hall–Kier alpha value is -2.36. The average molecular weight is 238 g/mol. The number of para-hydroxylation sites is 1. The molecule has 2 N–H and O–H groups in total. The maximum absolute atomic E-state index is 6.02. The quantitative estimate of drug-likeness (QED) is 0.698. The molecule has 90 valence electrons. The summed E-state index contributed by atoms with van der Waals surface area (Å²) in [7, 11) is 0. The summed E-state index contributed by atoms with van der Waals surface area (Å²) >= 11 is 0. The number of rotatable bonds is 2. The molecule has 0 aliphatic rings. The van der Waals surface area contributed by atoms with Crippen LogP contribution in [0.25, 0.3) is 22.6 Å². The second-order valence-electron chi connectivity index (χ2n) is 4.11. The van der Waals surface area contributed by atoms with Crippen LogP contribution in [0.1, 0.15) is 6.92 Å². The lowest BCUT2D eigenvalue weighted by Gasteiger charge is -2.07. The van der Waals surface area contributed by atoms with E-state index in [1.807, 2.05) is 36.4 Å². The van der Waals surface area contributed by atoms with Gasteiger partial charge in [-0.05, 0) is 31.2 Å². The molecule has 0 radical (unpaired) electrons. The fourth-order valence-electron chi connectivity index (χ4n) is 2.16.